The van der Waals surface area contributed by atoms with E-state index in [0.29, 0.717) is 27.9 Å². The number of carbonyl (C=O) groups excluding carboxylic acids is 4. The molecule has 0 bridgehead atoms. The number of nitrogens with zero attached hydrogens (tertiary/aromatic N) is 1. The maximum atomic E-state index is 13.4. The summed E-state index contributed by atoms with van der Waals surface area (Å²) < 4.78 is 10.7. The number of amides is 3. The third-order valence-corrected chi connectivity index (χ3v) is 6.00. The standard InChI is InChI=1S/C28H24ClN3O6/c1-16-7-9-20(10-8-16)32-17(2)24(28(36)37-3)23(27(32)35)14-21-11-12-22(38-21)15-30-25(33)26(34)31-19-6-4-5-18(29)13-19/h4-14H,15H2,1-3H3,(H,30,33)(H,31,34)/b23-14+. The Morgan fingerprint density at radius 2 is 1.76 bits per heavy atom. The number of aryl methyl sites for hydroxylation is 1. The molecule has 0 spiro atoms. The van der Waals surface area contributed by atoms with Crippen LogP contribution in [0.3, 0.4) is 0 Å². The topological polar surface area (TPSA) is 118 Å². The van der Waals surface area contributed by atoms with E-state index in [9.17, 15) is 19.2 Å². The summed E-state index contributed by atoms with van der Waals surface area (Å²) in [5, 5.41) is 5.34. The normalized spacial score (nSPS) is 14.2. The average molecular weight is 534 g/mol. The summed E-state index contributed by atoms with van der Waals surface area (Å²) in [5.41, 5.74) is 2.70. The summed E-state index contributed by atoms with van der Waals surface area (Å²) in [4.78, 5) is 51.7. The van der Waals surface area contributed by atoms with Gasteiger partial charge < -0.3 is 19.8 Å². The highest BCUT2D eigenvalue weighted by molar-refractivity contribution is 6.39. The molecule has 0 aliphatic carbocycles. The van der Waals surface area contributed by atoms with E-state index in [0.717, 1.165) is 5.56 Å². The summed E-state index contributed by atoms with van der Waals surface area (Å²) >= 11 is 5.89. The number of allylic oxidation sites excluding steroid dienone is 1. The minimum Gasteiger partial charge on any atom is -0.465 e. The van der Waals surface area contributed by atoms with E-state index < -0.39 is 23.7 Å². The number of halogens is 1. The zero-order valence-corrected chi connectivity index (χ0v) is 21.6. The first kappa shape index (κ1) is 26.4. The summed E-state index contributed by atoms with van der Waals surface area (Å²) in [6, 6.07) is 16.9. The van der Waals surface area contributed by atoms with Gasteiger partial charge in [-0.3, -0.25) is 19.3 Å². The lowest BCUT2D eigenvalue weighted by molar-refractivity contribution is -0.136. The van der Waals surface area contributed by atoms with Crippen molar-refractivity contribution < 1.29 is 28.3 Å². The number of hydrogen-bond donors (Lipinski definition) is 2. The van der Waals surface area contributed by atoms with Gasteiger partial charge in [-0.05, 0) is 62.4 Å². The number of hydrogen-bond acceptors (Lipinski definition) is 6. The number of carbonyl (C=O) groups is 4. The Hall–Kier alpha value is -4.63. The lowest BCUT2D eigenvalue weighted by atomic mass is 10.1. The second-order valence-corrected chi connectivity index (χ2v) is 8.87. The molecule has 194 valence electrons. The summed E-state index contributed by atoms with van der Waals surface area (Å²) in [6.07, 6.45) is 1.45. The Bertz CT molecular complexity index is 1490. The van der Waals surface area contributed by atoms with Crippen LogP contribution in [-0.2, 0) is 30.5 Å². The van der Waals surface area contributed by atoms with E-state index >= 15 is 0 Å². The van der Waals surface area contributed by atoms with Gasteiger partial charge in [0.1, 0.15) is 11.5 Å². The monoisotopic (exact) mass is 533 g/mol. The first-order valence-corrected chi connectivity index (χ1v) is 11.9. The molecule has 0 unspecified atom stereocenters. The van der Waals surface area contributed by atoms with Crippen LogP contribution >= 0.6 is 11.6 Å². The largest absolute Gasteiger partial charge is 0.465 e. The van der Waals surface area contributed by atoms with Crippen LogP contribution in [0.15, 0.2) is 81.9 Å². The van der Waals surface area contributed by atoms with Gasteiger partial charge in [-0.1, -0.05) is 35.4 Å². The fourth-order valence-corrected chi connectivity index (χ4v) is 4.09. The Morgan fingerprint density at radius 3 is 2.45 bits per heavy atom. The van der Waals surface area contributed by atoms with Crippen LogP contribution in [0.5, 0.6) is 0 Å². The molecule has 0 radical (unpaired) electrons. The third-order valence-electron chi connectivity index (χ3n) is 5.76. The van der Waals surface area contributed by atoms with Crippen LogP contribution in [0.1, 0.15) is 24.0 Å². The van der Waals surface area contributed by atoms with E-state index in [1.807, 2.05) is 19.1 Å². The third kappa shape index (κ3) is 5.68. The van der Waals surface area contributed by atoms with Gasteiger partial charge in [0.05, 0.1) is 24.8 Å². The minimum atomic E-state index is -0.868. The van der Waals surface area contributed by atoms with E-state index in [1.54, 1.807) is 49.4 Å². The Kier molecular flexibility index (Phi) is 7.78. The highest BCUT2D eigenvalue weighted by Gasteiger charge is 2.38. The van der Waals surface area contributed by atoms with E-state index in [-0.39, 0.29) is 23.5 Å². The van der Waals surface area contributed by atoms with Gasteiger partial charge in [-0.25, -0.2) is 4.79 Å². The number of methoxy groups -OCH3 is 1. The molecule has 3 aromatic rings. The van der Waals surface area contributed by atoms with Crippen molar-refractivity contribution in [2.75, 3.05) is 17.3 Å². The molecule has 1 aliphatic rings. The van der Waals surface area contributed by atoms with Gasteiger partial charge in [0, 0.05) is 22.1 Å². The molecular weight excluding hydrogens is 510 g/mol. The number of nitrogens with one attached hydrogen (secondary N) is 2. The number of benzene rings is 2. The Balaban J connectivity index is 1.49. The van der Waals surface area contributed by atoms with Crippen molar-refractivity contribution in [1.29, 1.82) is 0 Å². The van der Waals surface area contributed by atoms with E-state index in [2.05, 4.69) is 10.6 Å². The Labute approximate surface area is 223 Å². The highest BCUT2D eigenvalue weighted by Crippen LogP contribution is 2.35. The molecule has 0 atom stereocenters. The Morgan fingerprint density at radius 1 is 1.03 bits per heavy atom. The van der Waals surface area contributed by atoms with Crippen molar-refractivity contribution in [3.8, 4) is 0 Å². The van der Waals surface area contributed by atoms with Crippen molar-refractivity contribution in [1.82, 2.24) is 5.32 Å². The lowest BCUT2D eigenvalue weighted by Gasteiger charge is -2.18. The number of ether oxygens (including phenoxy) is 1. The fourth-order valence-electron chi connectivity index (χ4n) is 3.90. The van der Waals surface area contributed by atoms with E-state index in [1.165, 1.54) is 24.2 Å². The van der Waals surface area contributed by atoms with Crippen molar-refractivity contribution in [3.05, 3.63) is 99.6 Å². The quantitative estimate of drug-likeness (QED) is 0.276. The van der Waals surface area contributed by atoms with Gasteiger partial charge in [0.25, 0.3) is 5.91 Å². The molecule has 2 N–H and O–H groups in total. The van der Waals surface area contributed by atoms with Crippen molar-refractivity contribution in [3.63, 3.8) is 0 Å². The number of rotatable bonds is 6. The predicted octanol–water partition coefficient (Wildman–Crippen LogP) is 4.37. The number of anilines is 2. The van der Waals surface area contributed by atoms with Crippen LogP contribution in [-0.4, -0.2) is 30.8 Å². The molecule has 0 saturated heterocycles. The SMILES string of the molecule is COC(=O)C1=C(C)N(c2ccc(C)cc2)C(=O)/C1=C/c1ccc(CNC(=O)C(=O)Nc2cccc(Cl)c2)o1. The maximum absolute atomic E-state index is 13.4. The molecule has 0 saturated carbocycles. The summed E-state index contributed by atoms with van der Waals surface area (Å²) in [7, 11) is 1.25. The smallest absolute Gasteiger partial charge is 0.340 e. The molecule has 10 heteroatoms. The molecule has 0 fully saturated rings. The summed E-state index contributed by atoms with van der Waals surface area (Å²) in [5.74, 6) is -2.18. The van der Waals surface area contributed by atoms with Gasteiger partial charge in [0.2, 0.25) is 0 Å². The second kappa shape index (κ2) is 11.2. The zero-order chi connectivity index (χ0) is 27.4. The number of furan rings is 1. The lowest BCUT2D eigenvalue weighted by Crippen LogP contribution is -2.34. The predicted molar refractivity (Wildman–Crippen MR) is 142 cm³/mol. The highest BCUT2D eigenvalue weighted by atomic mass is 35.5. The van der Waals surface area contributed by atoms with Crippen molar-refractivity contribution >= 4 is 52.7 Å². The molecule has 9 nitrogen and oxygen atoms in total. The van der Waals surface area contributed by atoms with E-state index in [4.69, 9.17) is 20.8 Å². The fraction of sp³-hybridized carbons (Fsp3) is 0.143. The van der Waals surface area contributed by atoms with Crippen molar-refractivity contribution in [2.24, 2.45) is 0 Å². The van der Waals surface area contributed by atoms with Gasteiger partial charge in [-0.15, -0.1) is 0 Å². The molecule has 1 aliphatic heterocycles. The molecule has 2 heterocycles. The molecule has 1 aromatic heterocycles. The van der Waals surface area contributed by atoms with Gasteiger partial charge in [-0.2, -0.15) is 0 Å². The van der Waals surface area contributed by atoms with Crippen LogP contribution in [0.25, 0.3) is 6.08 Å². The first-order chi connectivity index (χ1) is 18.2. The average Bonchev–Trinajstić information content (AvgIpc) is 3.44. The molecule has 2 aromatic carbocycles. The second-order valence-electron chi connectivity index (χ2n) is 8.44. The molecular formula is C28H24ClN3O6. The molecule has 3 amide bonds. The maximum Gasteiger partial charge on any atom is 0.340 e. The molecule has 4 rings (SSSR count). The van der Waals surface area contributed by atoms with Crippen LogP contribution in [0, 0.1) is 6.92 Å². The zero-order valence-electron chi connectivity index (χ0n) is 20.8. The summed E-state index contributed by atoms with van der Waals surface area (Å²) in [6.45, 7) is 3.53. The number of esters is 1. The first-order valence-electron chi connectivity index (χ1n) is 11.5. The van der Waals surface area contributed by atoms with Crippen LogP contribution < -0.4 is 15.5 Å². The van der Waals surface area contributed by atoms with Crippen molar-refractivity contribution in [2.45, 2.75) is 20.4 Å². The molecule has 38 heavy (non-hydrogen) atoms. The van der Waals surface area contributed by atoms with Gasteiger partial charge in [0.15, 0.2) is 0 Å². The van der Waals surface area contributed by atoms with Crippen LogP contribution in [0.4, 0.5) is 11.4 Å². The minimum absolute atomic E-state index is 0.0763. The van der Waals surface area contributed by atoms with Crippen LogP contribution in [0.2, 0.25) is 5.02 Å². The van der Waals surface area contributed by atoms with Gasteiger partial charge >= 0.3 is 17.8 Å².